The highest BCUT2D eigenvalue weighted by Gasteiger charge is 2.20. The summed E-state index contributed by atoms with van der Waals surface area (Å²) in [5.74, 6) is 0.228. The number of hydrogen-bond acceptors (Lipinski definition) is 6. The lowest BCUT2D eigenvalue weighted by atomic mass is 10.4. The van der Waals surface area contributed by atoms with Gasteiger partial charge in [0, 0.05) is 6.20 Å². The molecule has 2 aromatic rings. The zero-order chi connectivity index (χ0) is 12.3. The zero-order valence-electron chi connectivity index (χ0n) is 8.45. The predicted octanol–water partition coefficient (Wildman–Crippen LogP) is 0.817. The van der Waals surface area contributed by atoms with Crippen LogP contribution < -0.4 is 10.9 Å². The zero-order valence-corrected chi connectivity index (χ0v) is 8.45. The molecule has 0 aliphatic heterocycles. The molecule has 0 saturated heterocycles. The van der Waals surface area contributed by atoms with Gasteiger partial charge in [-0.05, 0) is 12.1 Å². The molecule has 0 fully saturated rings. The first-order valence-corrected chi connectivity index (χ1v) is 4.58. The molecule has 86 valence electrons. The minimum absolute atomic E-state index is 0.141. The van der Waals surface area contributed by atoms with Crippen LogP contribution in [0, 0.1) is 10.1 Å². The number of pyridine rings is 1. The summed E-state index contributed by atoms with van der Waals surface area (Å²) in [7, 11) is 0. The summed E-state index contributed by atoms with van der Waals surface area (Å²) in [6.45, 7) is 0. The first kappa shape index (κ1) is 10.7. The van der Waals surface area contributed by atoms with Crippen LogP contribution in [0.15, 0.2) is 35.5 Å². The number of aromatic amines is 1. The summed E-state index contributed by atoms with van der Waals surface area (Å²) >= 11 is 0. The molecule has 17 heavy (non-hydrogen) atoms. The minimum Gasteiger partial charge on any atom is -0.319 e. The highest BCUT2D eigenvalue weighted by Crippen LogP contribution is 2.18. The Morgan fingerprint density at radius 1 is 1.35 bits per heavy atom. The van der Waals surface area contributed by atoms with Crippen LogP contribution in [0.1, 0.15) is 0 Å². The molecule has 2 heterocycles. The van der Waals surface area contributed by atoms with Crippen LogP contribution >= 0.6 is 0 Å². The maximum absolute atomic E-state index is 11.3. The lowest BCUT2D eigenvalue weighted by Gasteiger charge is -2.03. The lowest BCUT2D eigenvalue weighted by molar-refractivity contribution is -0.385. The van der Waals surface area contributed by atoms with Crippen LogP contribution in [0.25, 0.3) is 0 Å². The molecule has 2 rings (SSSR count). The normalized spacial score (nSPS) is 9.88. The third-order valence-corrected chi connectivity index (χ3v) is 1.92. The number of nitrogens with one attached hydrogen (secondary N) is 2. The minimum atomic E-state index is -0.816. The van der Waals surface area contributed by atoms with Crippen molar-refractivity contribution in [2.75, 3.05) is 5.32 Å². The van der Waals surface area contributed by atoms with Gasteiger partial charge in [-0.15, -0.1) is 0 Å². The van der Waals surface area contributed by atoms with E-state index in [9.17, 15) is 14.9 Å². The topological polar surface area (TPSA) is 114 Å². The van der Waals surface area contributed by atoms with Gasteiger partial charge in [0.15, 0.2) is 0 Å². The standard InChI is InChI=1S/C9H7N5O3/c15-9-7(14(16)17)8(11-5-12-9)13-6-3-1-2-4-10-6/h1-5H,(H2,10,11,12,13,15). The van der Waals surface area contributed by atoms with Crippen LogP contribution in [-0.2, 0) is 0 Å². The van der Waals surface area contributed by atoms with Gasteiger partial charge in [0.05, 0.1) is 11.3 Å². The second kappa shape index (κ2) is 4.39. The van der Waals surface area contributed by atoms with Gasteiger partial charge in [0.1, 0.15) is 5.82 Å². The molecule has 8 nitrogen and oxygen atoms in total. The molecule has 0 amide bonds. The second-order valence-electron chi connectivity index (χ2n) is 3.03. The maximum Gasteiger partial charge on any atom is 0.376 e. The monoisotopic (exact) mass is 233 g/mol. The van der Waals surface area contributed by atoms with Crippen LogP contribution in [0.5, 0.6) is 0 Å². The Labute approximate surface area is 94.5 Å². The van der Waals surface area contributed by atoms with Gasteiger partial charge in [0.2, 0.25) is 5.82 Å². The van der Waals surface area contributed by atoms with Gasteiger partial charge in [-0.2, -0.15) is 0 Å². The van der Waals surface area contributed by atoms with E-state index in [0.29, 0.717) is 5.82 Å². The highest BCUT2D eigenvalue weighted by atomic mass is 16.6. The molecule has 0 atom stereocenters. The van der Waals surface area contributed by atoms with E-state index in [1.165, 1.54) is 6.20 Å². The van der Waals surface area contributed by atoms with Crippen molar-refractivity contribution in [3.8, 4) is 0 Å². The summed E-state index contributed by atoms with van der Waals surface area (Å²) in [5, 5.41) is 13.3. The van der Waals surface area contributed by atoms with E-state index in [1.54, 1.807) is 18.2 Å². The number of nitrogens with zero attached hydrogens (tertiary/aromatic N) is 3. The highest BCUT2D eigenvalue weighted by molar-refractivity contribution is 5.61. The van der Waals surface area contributed by atoms with E-state index in [0.717, 1.165) is 6.33 Å². The van der Waals surface area contributed by atoms with E-state index in [1.807, 2.05) is 0 Å². The average molecular weight is 233 g/mol. The summed E-state index contributed by atoms with van der Waals surface area (Å²) < 4.78 is 0. The molecule has 0 bridgehead atoms. The van der Waals surface area contributed by atoms with Crippen molar-refractivity contribution in [2.45, 2.75) is 0 Å². The third-order valence-electron chi connectivity index (χ3n) is 1.92. The molecule has 0 aliphatic rings. The van der Waals surface area contributed by atoms with Gasteiger partial charge in [0.25, 0.3) is 0 Å². The second-order valence-corrected chi connectivity index (χ2v) is 3.03. The molecule has 0 aliphatic carbocycles. The Kier molecular flexibility index (Phi) is 2.77. The number of aromatic nitrogens is 3. The van der Waals surface area contributed by atoms with Crippen molar-refractivity contribution >= 4 is 17.3 Å². The largest absolute Gasteiger partial charge is 0.376 e. The fraction of sp³-hybridized carbons (Fsp3) is 0. The van der Waals surface area contributed by atoms with E-state index in [4.69, 9.17) is 0 Å². The van der Waals surface area contributed by atoms with Gasteiger partial charge >= 0.3 is 11.2 Å². The van der Waals surface area contributed by atoms with Crippen LogP contribution in [0.4, 0.5) is 17.3 Å². The van der Waals surface area contributed by atoms with E-state index < -0.39 is 16.2 Å². The van der Waals surface area contributed by atoms with Crippen molar-refractivity contribution in [2.24, 2.45) is 0 Å². The molecule has 2 N–H and O–H groups in total. The molecule has 0 radical (unpaired) electrons. The van der Waals surface area contributed by atoms with Gasteiger partial charge in [-0.1, -0.05) is 6.07 Å². The van der Waals surface area contributed by atoms with Gasteiger partial charge in [-0.25, -0.2) is 9.97 Å². The van der Waals surface area contributed by atoms with Gasteiger partial charge < -0.3 is 10.3 Å². The SMILES string of the molecule is O=c1[nH]cnc(Nc2ccccn2)c1[N+](=O)[O-]. The summed E-state index contributed by atoms with van der Waals surface area (Å²) in [5.41, 5.74) is -1.46. The summed E-state index contributed by atoms with van der Waals surface area (Å²) in [6, 6.07) is 5.01. The van der Waals surface area contributed by atoms with Crippen LogP contribution in [0.3, 0.4) is 0 Å². The average Bonchev–Trinajstić information content (AvgIpc) is 2.30. The fourth-order valence-electron chi connectivity index (χ4n) is 1.21. The van der Waals surface area contributed by atoms with E-state index >= 15 is 0 Å². The Morgan fingerprint density at radius 3 is 2.82 bits per heavy atom. The number of nitro groups is 1. The smallest absolute Gasteiger partial charge is 0.319 e. The molecular formula is C9H7N5O3. The number of rotatable bonds is 3. The van der Waals surface area contributed by atoms with Crippen LogP contribution in [0.2, 0.25) is 0 Å². The summed E-state index contributed by atoms with van der Waals surface area (Å²) in [4.78, 5) is 31.0. The predicted molar refractivity (Wildman–Crippen MR) is 59.0 cm³/mol. The van der Waals surface area contributed by atoms with E-state index in [-0.39, 0.29) is 5.82 Å². The first-order chi connectivity index (χ1) is 8.18. The van der Waals surface area contributed by atoms with Crippen molar-refractivity contribution in [1.29, 1.82) is 0 Å². The number of anilines is 2. The molecule has 0 saturated carbocycles. The Balaban J connectivity index is 2.43. The molecule has 0 aromatic carbocycles. The fourth-order valence-corrected chi connectivity index (χ4v) is 1.21. The lowest BCUT2D eigenvalue weighted by Crippen LogP contribution is -2.14. The first-order valence-electron chi connectivity index (χ1n) is 4.58. The Hall–Kier alpha value is -2.77. The summed E-state index contributed by atoms with van der Waals surface area (Å²) in [6.07, 6.45) is 2.60. The third kappa shape index (κ3) is 2.25. The van der Waals surface area contributed by atoms with Crippen molar-refractivity contribution in [3.05, 3.63) is 51.2 Å². The van der Waals surface area contributed by atoms with Crippen LogP contribution in [-0.4, -0.2) is 19.9 Å². The molecule has 8 heteroatoms. The molecule has 2 aromatic heterocycles. The quantitative estimate of drug-likeness (QED) is 0.599. The van der Waals surface area contributed by atoms with E-state index in [2.05, 4.69) is 20.3 Å². The van der Waals surface area contributed by atoms with Crippen molar-refractivity contribution in [1.82, 2.24) is 15.0 Å². The Bertz CT molecular complexity index is 595. The Morgan fingerprint density at radius 2 is 2.18 bits per heavy atom. The number of H-pyrrole nitrogens is 1. The van der Waals surface area contributed by atoms with Gasteiger partial charge in [-0.3, -0.25) is 14.9 Å². The van der Waals surface area contributed by atoms with Crippen molar-refractivity contribution in [3.63, 3.8) is 0 Å². The molecule has 0 spiro atoms. The molecular weight excluding hydrogens is 226 g/mol. The number of hydrogen-bond donors (Lipinski definition) is 2. The maximum atomic E-state index is 11.3. The molecule has 0 unspecified atom stereocenters. The van der Waals surface area contributed by atoms with Crippen molar-refractivity contribution < 1.29 is 4.92 Å².